The van der Waals surface area contributed by atoms with Crippen molar-refractivity contribution in [1.29, 1.82) is 0 Å². The lowest BCUT2D eigenvalue weighted by molar-refractivity contribution is 0.331. The van der Waals surface area contributed by atoms with Gasteiger partial charge in [-0.15, -0.1) is 4.40 Å². The van der Waals surface area contributed by atoms with Crippen LogP contribution in [0.25, 0.3) is 0 Å². The molecule has 1 aliphatic heterocycles. The maximum absolute atomic E-state index is 11.2. The predicted molar refractivity (Wildman–Crippen MR) is 54.9 cm³/mol. The van der Waals surface area contributed by atoms with Gasteiger partial charge in [0, 0.05) is 6.26 Å². The first kappa shape index (κ1) is 11.7. The van der Waals surface area contributed by atoms with Crippen molar-refractivity contribution in [1.82, 2.24) is 0 Å². The van der Waals surface area contributed by atoms with E-state index in [1.807, 2.05) is 0 Å². The molecule has 0 bridgehead atoms. The van der Waals surface area contributed by atoms with Gasteiger partial charge in [0.25, 0.3) is 0 Å². The summed E-state index contributed by atoms with van der Waals surface area (Å²) >= 11 is 5.65. The first-order chi connectivity index (χ1) is 6.38. The maximum Gasteiger partial charge on any atom is 0.244 e. The molecule has 1 aliphatic rings. The van der Waals surface area contributed by atoms with Gasteiger partial charge in [0.15, 0.2) is 25.1 Å². The lowest BCUT2D eigenvalue weighted by Crippen LogP contribution is -2.06. The average Bonchev–Trinajstić information content (AvgIpc) is 2.26. The molecule has 0 N–H and O–H groups in total. The molecule has 1 atom stereocenters. The Morgan fingerprint density at radius 2 is 2.14 bits per heavy atom. The molecule has 1 unspecified atom stereocenters. The lowest BCUT2D eigenvalue weighted by atomic mass is 10.6. The quantitative estimate of drug-likeness (QED) is 0.724. The van der Waals surface area contributed by atoms with E-state index in [2.05, 4.69) is 4.40 Å². The zero-order chi connectivity index (χ0) is 10.9. The highest BCUT2D eigenvalue weighted by molar-refractivity contribution is 8.11. The third-order valence-corrected chi connectivity index (χ3v) is 4.95. The molecule has 0 spiro atoms. The monoisotopic (exact) mass is 257 g/mol. The van der Waals surface area contributed by atoms with E-state index in [-0.39, 0.29) is 21.8 Å². The van der Waals surface area contributed by atoms with Crippen LogP contribution in [0, 0.1) is 0 Å². The van der Waals surface area contributed by atoms with E-state index in [0.29, 0.717) is 0 Å². The van der Waals surface area contributed by atoms with Crippen LogP contribution in [0.3, 0.4) is 0 Å². The second kappa shape index (κ2) is 4.00. The van der Waals surface area contributed by atoms with Crippen molar-refractivity contribution in [2.45, 2.75) is 6.92 Å². The van der Waals surface area contributed by atoms with Crippen LogP contribution < -0.4 is 0 Å². The highest BCUT2D eigenvalue weighted by atomic mass is 35.5. The topological polar surface area (TPSA) is 72.8 Å². The van der Waals surface area contributed by atoms with Crippen LogP contribution in [0.4, 0.5) is 0 Å². The number of hydrogen-bond donors (Lipinski definition) is 0. The fourth-order valence-electron chi connectivity index (χ4n) is 0.839. The summed E-state index contributed by atoms with van der Waals surface area (Å²) in [7, 11) is -5.57. The summed E-state index contributed by atoms with van der Waals surface area (Å²) in [6, 6.07) is 0. The Kier molecular flexibility index (Phi) is 3.33. The largest absolute Gasteiger partial charge is 0.476 e. The SMILES string of the molecule is CCOC1=NS(=O)C(S(C)(=O)=O)=C1Cl. The number of hydrogen-bond acceptors (Lipinski definition) is 4. The number of sulfone groups is 1. The Bertz CT molecular complexity index is 437. The van der Waals surface area contributed by atoms with E-state index in [1.165, 1.54) is 0 Å². The third-order valence-electron chi connectivity index (χ3n) is 1.31. The Balaban J connectivity index is 3.19. The van der Waals surface area contributed by atoms with Crippen molar-refractivity contribution in [2.24, 2.45) is 4.40 Å². The summed E-state index contributed by atoms with van der Waals surface area (Å²) in [6.07, 6.45) is 0.924. The van der Waals surface area contributed by atoms with Crippen LogP contribution in [0.15, 0.2) is 13.7 Å². The van der Waals surface area contributed by atoms with Crippen LogP contribution >= 0.6 is 11.6 Å². The summed E-state index contributed by atoms with van der Waals surface area (Å²) in [4.78, 5) is 0. The number of halogens is 1. The normalized spacial score (nSPS) is 22.5. The minimum absolute atomic E-state index is 0.0760. The minimum atomic E-state index is -3.60. The molecule has 0 amide bonds. The number of nitrogens with zero attached hydrogens (tertiary/aromatic N) is 1. The van der Waals surface area contributed by atoms with Crippen molar-refractivity contribution in [3.05, 3.63) is 9.27 Å². The summed E-state index contributed by atoms with van der Waals surface area (Å²) in [5.41, 5.74) is 0. The van der Waals surface area contributed by atoms with Gasteiger partial charge in [-0.2, -0.15) is 0 Å². The molecule has 0 saturated heterocycles. The molecular weight excluding hydrogens is 250 g/mol. The summed E-state index contributed by atoms with van der Waals surface area (Å²) in [5, 5.41) is -0.187. The van der Waals surface area contributed by atoms with Crippen LogP contribution in [-0.4, -0.2) is 31.4 Å². The second-order valence-electron chi connectivity index (χ2n) is 2.45. The Hall–Kier alpha value is -0.400. The van der Waals surface area contributed by atoms with Gasteiger partial charge in [0.1, 0.15) is 5.03 Å². The van der Waals surface area contributed by atoms with Crippen molar-refractivity contribution < 1.29 is 17.4 Å². The zero-order valence-corrected chi connectivity index (χ0v) is 9.87. The predicted octanol–water partition coefficient (Wildman–Crippen LogP) is 0.551. The van der Waals surface area contributed by atoms with Crippen LogP contribution in [0.2, 0.25) is 0 Å². The molecule has 14 heavy (non-hydrogen) atoms. The molecule has 8 heteroatoms. The summed E-state index contributed by atoms with van der Waals surface area (Å²) in [5.74, 6) is -0.0760. The highest BCUT2D eigenvalue weighted by Gasteiger charge is 2.32. The Labute approximate surface area is 89.3 Å². The third kappa shape index (κ3) is 2.15. The fraction of sp³-hybridized carbons (Fsp3) is 0.500. The van der Waals surface area contributed by atoms with Gasteiger partial charge in [-0.3, -0.25) is 0 Å². The van der Waals surface area contributed by atoms with Crippen molar-refractivity contribution in [2.75, 3.05) is 12.9 Å². The van der Waals surface area contributed by atoms with E-state index in [9.17, 15) is 12.6 Å². The first-order valence-corrected chi connectivity index (χ1v) is 6.99. The molecule has 0 fully saturated rings. The zero-order valence-electron chi connectivity index (χ0n) is 7.48. The van der Waals surface area contributed by atoms with Gasteiger partial charge in [0.2, 0.25) is 5.90 Å². The van der Waals surface area contributed by atoms with E-state index in [4.69, 9.17) is 16.3 Å². The van der Waals surface area contributed by atoms with Gasteiger partial charge in [-0.05, 0) is 6.92 Å². The van der Waals surface area contributed by atoms with Crippen molar-refractivity contribution in [3.8, 4) is 0 Å². The first-order valence-electron chi connectivity index (χ1n) is 3.61. The van der Waals surface area contributed by atoms with Crippen LogP contribution in [-0.2, 0) is 25.6 Å². The fourth-order valence-corrected chi connectivity index (χ4v) is 3.78. The molecular formula is C6H8ClNO4S2. The number of rotatable bonds is 2. The molecule has 0 saturated carbocycles. The summed E-state index contributed by atoms with van der Waals surface area (Å²) < 4.78 is 41.5. The average molecular weight is 258 g/mol. The Morgan fingerprint density at radius 3 is 2.50 bits per heavy atom. The van der Waals surface area contributed by atoms with Gasteiger partial charge in [-0.25, -0.2) is 12.6 Å². The number of ether oxygens (including phenoxy) is 1. The van der Waals surface area contributed by atoms with E-state index < -0.39 is 20.8 Å². The molecule has 0 aromatic rings. The molecule has 0 radical (unpaired) electrons. The van der Waals surface area contributed by atoms with Gasteiger partial charge in [0.05, 0.1) is 6.61 Å². The molecule has 1 rings (SSSR count). The molecule has 0 aromatic heterocycles. The van der Waals surface area contributed by atoms with Gasteiger partial charge < -0.3 is 4.74 Å². The van der Waals surface area contributed by atoms with E-state index >= 15 is 0 Å². The van der Waals surface area contributed by atoms with Gasteiger partial charge >= 0.3 is 0 Å². The van der Waals surface area contributed by atoms with Crippen molar-refractivity contribution >= 4 is 38.3 Å². The molecule has 0 aromatic carbocycles. The minimum Gasteiger partial charge on any atom is -0.476 e. The Morgan fingerprint density at radius 1 is 1.57 bits per heavy atom. The second-order valence-corrected chi connectivity index (χ2v) is 6.13. The van der Waals surface area contributed by atoms with E-state index in [0.717, 1.165) is 6.26 Å². The maximum atomic E-state index is 11.2. The lowest BCUT2D eigenvalue weighted by Gasteiger charge is -1.99. The smallest absolute Gasteiger partial charge is 0.244 e. The molecule has 5 nitrogen and oxygen atoms in total. The van der Waals surface area contributed by atoms with Crippen LogP contribution in [0.1, 0.15) is 6.92 Å². The van der Waals surface area contributed by atoms with E-state index in [1.54, 1.807) is 6.92 Å². The summed E-state index contributed by atoms with van der Waals surface area (Å²) in [6.45, 7) is 1.97. The van der Waals surface area contributed by atoms with Gasteiger partial charge in [-0.1, -0.05) is 11.6 Å². The molecule has 1 heterocycles. The highest BCUT2D eigenvalue weighted by Crippen LogP contribution is 2.27. The van der Waals surface area contributed by atoms with Crippen LogP contribution in [0.5, 0.6) is 0 Å². The molecule has 80 valence electrons. The van der Waals surface area contributed by atoms with Crippen molar-refractivity contribution in [3.63, 3.8) is 0 Å². The molecule has 0 aliphatic carbocycles. The standard InChI is InChI=1S/C6H8ClNO4S2/c1-3-12-5-4(7)6(13(9)8-5)14(2,10)11/h3H2,1-2H3.